The number of carbonyl (C=O) groups is 2. The van der Waals surface area contributed by atoms with Crippen LogP contribution in [0.1, 0.15) is 26.4 Å². The fourth-order valence-corrected chi connectivity index (χ4v) is 2.27. The lowest BCUT2D eigenvalue weighted by Gasteiger charge is -2.05. The van der Waals surface area contributed by atoms with Gasteiger partial charge in [-0.1, -0.05) is 6.07 Å². The Labute approximate surface area is 103 Å². The highest BCUT2D eigenvalue weighted by Crippen LogP contribution is 2.27. The number of hydrogen-bond acceptors (Lipinski definition) is 3. The van der Waals surface area contributed by atoms with E-state index in [4.69, 9.17) is 10.2 Å². The van der Waals surface area contributed by atoms with Crippen molar-refractivity contribution in [3.8, 4) is 0 Å². The molecular formula is C13H13NO4. The van der Waals surface area contributed by atoms with E-state index in [2.05, 4.69) is 0 Å². The molecule has 0 spiro atoms. The van der Waals surface area contributed by atoms with E-state index in [0.29, 0.717) is 35.0 Å². The molecule has 0 aliphatic carbocycles. The summed E-state index contributed by atoms with van der Waals surface area (Å²) in [6.07, 6.45) is 0.665. The lowest BCUT2D eigenvalue weighted by Crippen LogP contribution is -2.04. The van der Waals surface area contributed by atoms with Crippen LogP contribution >= 0.6 is 0 Å². The number of fused-ring (bicyclic) bond motifs is 1. The minimum absolute atomic E-state index is 0.0692. The van der Waals surface area contributed by atoms with Crippen LogP contribution in [0.5, 0.6) is 0 Å². The summed E-state index contributed by atoms with van der Waals surface area (Å²) in [7, 11) is 0. The van der Waals surface area contributed by atoms with Gasteiger partial charge in [-0.2, -0.15) is 0 Å². The quantitative estimate of drug-likeness (QED) is 0.801. The molecule has 2 N–H and O–H groups in total. The standard InChI is InChI=1S/C13H13NO4/c1-8-10(7-16)12-9(13(17)18)3-2-4-11(12)14(8)5-6-15/h2-4,7,15H,5-6H2,1H3,(H,17,18). The molecule has 0 aliphatic heterocycles. The van der Waals surface area contributed by atoms with Crippen molar-refractivity contribution >= 4 is 23.2 Å². The van der Waals surface area contributed by atoms with Gasteiger partial charge in [0.15, 0.2) is 6.29 Å². The summed E-state index contributed by atoms with van der Waals surface area (Å²) >= 11 is 0. The molecule has 94 valence electrons. The Morgan fingerprint density at radius 1 is 1.44 bits per heavy atom. The summed E-state index contributed by atoms with van der Waals surface area (Å²) in [4.78, 5) is 22.4. The van der Waals surface area contributed by atoms with Gasteiger partial charge in [0.05, 0.1) is 12.2 Å². The highest BCUT2D eigenvalue weighted by atomic mass is 16.4. The SMILES string of the molecule is Cc1c(C=O)c2c(C(=O)O)cccc2n1CCO. The lowest BCUT2D eigenvalue weighted by atomic mass is 10.1. The van der Waals surface area contributed by atoms with Gasteiger partial charge in [0.2, 0.25) is 0 Å². The Bertz CT molecular complexity index is 627. The van der Waals surface area contributed by atoms with E-state index < -0.39 is 5.97 Å². The number of aliphatic hydroxyl groups excluding tert-OH is 1. The first-order valence-corrected chi connectivity index (χ1v) is 5.53. The fraction of sp³-hybridized carbons (Fsp3) is 0.231. The Kier molecular flexibility index (Phi) is 3.16. The number of aromatic nitrogens is 1. The Hall–Kier alpha value is -2.14. The number of carboxylic acid groups (broad SMARTS) is 1. The first-order chi connectivity index (χ1) is 8.61. The number of aldehydes is 1. The van der Waals surface area contributed by atoms with Crippen molar-refractivity contribution < 1.29 is 19.8 Å². The lowest BCUT2D eigenvalue weighted by molar-refractivity contribution is 0.0699. The second-order valence-corrected chi connectivity index (χ2v) is 4.00. The molecule has 0 unspecified atom stereocenters. The van der Waals surface area contributed by atoms with Crippen LogP contribution in [0.15, 0.2) is 18.2 Å². The number of carboxylic acids is 1. The van der Waals surface area contributed by atoms with E-state index in [1.807, 2.05) is 0 Å². The molecule has 0 aliphatic rings. The van der Waals surface area contributed by atoms with Crippen LogP contribution in [0.2, 0.25) is 0 Å². The zero-order valence-corrected chi connectivity index (χ0v) is 9.88. The third kappa shape index (κ3) is 1.69. The van der Waals surface area contributed by atoms with Crippen LogP contribution in [0.4, 0.5) is 0 Å². The molecular weight excluding hydrogens is 234 g/mol. The van der Waals surface area contributed by atoms with Gasteiger partial charge in [0.1, 0.15) is 0 Å². The largest absolute Gasteiger partial charge is 0.478 e. The van der Waals surface area contributed by atoms with Crippen molar-refractivity contribution in [2.75, 3.05) is 6.61 Å². The summed E-state index contributed by atoms with van der Waals surface area (Å²) in [5.41, 5.74) is 1.80. The summed E-state index contributed by atoms with van der Waals surface area (Å²) in [5, 5.41) is 18.6. The van der Waals surface area contributed by atoms with Crippen LogP contribution in [-0.4, -0.2) is 33.6 Å². The van der Waals surface area contributed by atoms with E-state index in [9.17, 15) is 9.59 Å². The molecule has 0 saturated heterocycles. The van der Waals surface area contributed by atoms with Gasteiger partial charge in [0, 0.05) is 28.7 Å². The van der Waals surface area contributed by atoms with Crippen LogP contribution in [0.3, 0.4) is 0 Å². The minimum atomic E-state index is -1.06. The zero-order valence-electron chi connectivity index (χ0n) is 9.88. The topological polar surface area (TPSA) is 79.5 Å². The molecule has 0 saturated carbocycles. The fourth-order valence-electron chi connectivity index (χ4n) is 2.27. The van der Waals surface area contributed by atoms with Crippen molar-refractivity contribution in [1.82, 2.24) is 4.57 Å². The van der Waals surface area contributed by atoms with E-state index in [0.717, 1.165) is 0 Å². The molecule has 0 amide bonds. The summed E-state index contributed by atoms with van der Waals surface area (Å²) < 4.78 is 1.76. The predicted molar refractivity (Wildman–Crippen MR) is 66.1 cm³/mol. The molecule has 1 aromatic heterocycles. The second kappa shape index (κ2) is 4.62. The number of carbonyl (C=O) groups excluding carboxylic acids is 1. The first kappa shape index (κ1) is 12.3. The maximum Gasteiger partial charge on any atom is 0.336 e. The van der Waals surface area contributed by atoms with Crippen molar-refractivity contribution in [2.45, 2.75) is 13.5 Å². The molecule has 1 heterocycles. The van der Waals surface area contributed by atoms with E-state index in [1.165, 1.54) is 6.07 Å². The molecule has 0 atom stereocenters. The molecule has 1 aromatic carbocycles. The van der Waals surface area contributed by atoms with Crippen molar-refractivity contribution in [3.63, 3.8) is 0 Å². The number of aromatic carboxylic acids is 1. The smallest absolute Gasteiger partial charge is 0.336 e. The number of hydrogen-bond donors (Lipinski definition) is 2. The summed E-state index contributed by atoms with van der Waals surface area (Å²) in [6, 6.07) is 4.85. The second-order valence-electron chi connectivity index (χ2n) is 4.00. The van der Waals surface area contributed by atoms with Crippen LogP contribution in [0.25, 0.3) is 10.9 Å². The molecule has 0 bridgehead atoms. The molecule has 0 fully saturated rings. The Morgan fingerprint density at radius 3 is 2.72 bits per heavy atom. The van der Waals surface area contributed by atoms with Crippen LogP contribution in [0, 0.1) is 6.92 Å². The number of rotatable bonds is 4. The van der Waals surface area contributed by atoms with Crippen LogP contribution < -0.4 is 0 Å². The van der Waals surface area contributed by atoms with Gasteiger partial charge in [-0.25, -0.2) is 4.79 Å². The molecule has 18 heavy (non-hydrogen) atoms. The van der Waals surface area contributed by atoms with Gasteiger partial charge in [0.25, 0.3) is 0 Å². The molecule has 2 rings (SSSR count). The number of nitrogens with zero attached hydrogens (tertiary/aromatic N) is 1. The maximum absolute atomic E-state index is 11.2. The average Bonchev–Trinajstić information content (AvgIpc) is 2.62. The van der Waals surface area contributed by atoms with Gasteiger partial charge in [-0.05, 0) is 19.1 Å². The maximum atomic E-state index is 11.2. The number of aliphatic hydroxyl groups is 1. The van der Waals surface area contributed by atoms with E-state index >= 15 is 0 Å². The highest BCUT2D eigenvalue weighted by Gasteiger charge is 2.18. The first-order valence-electron chi connectivity index (χ1n) is 5.53. The van der Waals surface area contributed by atoms with Crippen molar-refractivity contribution in [3.05, 3.63) is 35.0 Å². The van der Waals surface area contributed by atoms with Gasteiger partial charge >= 0.3 is 5.97 Å². The van der Waals surface area contributed by atoms with E-state index in [-0.39, 0.29) is 12.2 Å². The summed E-state index contributed by atoms with van der Waals surface area (Å²) in [6.45, 7) is 2.00. The number of benzene rings is 1. The minimum Gasteiger partial charge on any atom is -0.478 e. The zero-order chi connectivity index (χ0) is 13.3. The summed E-state index contributed by atoms with van der Waals surface area (Å²) in [5.74, 6) is -1.06. The van der Waals surface area contributed by atoms with Gasteiger partial charge in [-0.3, -0.25) is 4.79 Å². The third-order valence-electron chi connectivity index (χ3n) is 3.07. The molecule has 5 nitrogen and oxygen atoms in total. The normalized spacial score (nSPS) is 10.8. The predicted octanol–water partition coefficient (Wildman–Crippen LogP) is 1.45. The van der Waals surface area contributed by atoms with Crippen molar-refractivity contribution in [2.24, 2.45) is 0 Å². The highest BCUT2D eigenvalue weighted by molar-refractivity contribution is 6.10. The van der Waals surface area contributed by atoms with E-state index in [1.54, 1.807) is 23.6 Å². The third-order valence-corrected chi connectivity index (χ3v) is 3.07. The Morgan fingerprint density at radius 2 is 2.17 bits per heavy atom. The molecule has 5 heteroatoms. The average molecular weight is 247 g/mol. The van der Waals surface area contributed by atoms with Crippen molar-refractivity contribution in [1.29, 1.82) is 0 Å². The molecule has 0 radical (unpaired) electrons. The molecule has 2 aromatic rings. The monoisotopic (exact) mass is 247 g/mol. The van der Waals surface area contributed by atoms with Gasteiger partial charge in [-0.15, -0.1) is 0 Å². The van der Waals surface area contributed by atoms with Gasteiger partial charge < -0.3 is 14.8 Å². The Balaban J connectivity index is 2.90. The van der Waals surface area contributed by atoms with Crippen LogP contribution in [-0.2, 0) is 6.54 Å².